The van der Waals surface area contributed by atoms with Crippen LogP contribution >= 0.6 is 0 Å². The van der Waals surface area contributed by atoms with E-state index in [1.165, 1.54) is 12.4 Å². The van der Waals surface area contributed by atoms with Crippen LogP contribution in [0.25, 0.3) is 0 Å². The Morgan fingerprint density at radius 1 is 1.41 bits per heavy atom. The molecule has 0 radical (unpaired) electrons. The molecular formula is C10H9N3O4. The van der Waals surface area contributed by atoms with Crippen molar-refractivity contribution in [3.05, 3.63) is 24.5 Å². The lowest BCUT2D eigenvalue weighted by atomic mass is 10.1. The molecule has 1 aromatic rings. The molecule has 7 heteroatoms. The summed E-state index contributed by atoms with van der Waals surface area (Å²) < 4.78 is 0. The van der Waals surface area contributed by atoms with Crippen LogP contribution in [0.5, 0.6) is 0 Å². The maximum absolute atomic E-state index is 11.7. The van der Waals surface area contributed by atoms with Crippen molar-refractivity contribution in [3.63, 3.8) is 0 Å². The standard InChI is InChI=1S/C10H9N3O4/c14-9(12-6-1-3-11-4-2-6)8-5-7(10(15)16)13-17-8/h1-4,8H,5H2,(H,15,16)(H,11,12,14). The topological polar surface area (TPSA) is 101 Å². The number of carbonyl (C=O) groups is 2. The van der Waals surface area contributed by atoms with Gasteiger partial charge in [0.2, 0.25) is 6.10 Å². The van der Waals surface area contributed by atoms with Crippen molar-refractivity contribution in [1.29, 1.82) is 0 Å². The number of rotatable bonds is 3. The molecule has 0 aliphatic carbocycles. The van der Waals surface area contributed by atoms with E-state index < -0.39 is 18.0 Å². The number of carbonyl (C=O) groups excluding carboxylic acids is 1. The third kappa shape index (κ3) is 2.57. The van der Waals surface area contributed by atoms with Gasteiger partial charge in [-0.3, -0.25) is 9.78 Å². The Bertz CT molecular complexity index is 472. The quantitative estimate of drug-likeness (QED) is 0.782. The Balaban J connectivity index is 1.93. The summed E-state index contributed by atoms with van der Waals surface area (Å²) in [4.78, 5) is 30.8. The van der Waals surface area contributed by atoms with Crippen LogP contribution in [0, 0.1) is 0 Å². The number of aromatic nitrogens is 1. The maximum Gasteiger partial charge on any atom is 0.353 e. The van der Waals surface area contributed by atoms with Gasteiger partial charge in [-0.05, 0) is 12.1 Å². The van der Waals surface area contributed by atoms with Gasteiger partial charge in [0.05, 0.1) is 0 Å². The molecule has 0 aromatic carbocycles. The highest BCUT2D eigenvalue weighted by Crippen LogP contribution is 2.13. The van der Waals surface area contributed by atoms with E-state index in [-0.39, 0.29) is 12.1 Å². The lowest BCUT2D eigenvalue weighted by Gasteiger charge is -2.08. The van der Waals surface area contributed by atoms with Crippen LogP contribution < -0.4 is 5.32 Å². The number of nitrogens with one attached hydrogen (secondary N) is 1. The minimum absolute atomic E-state index is 0.0355. The number of hydrogen-bond acceptors (Lipinski definition) is 5. The first kappa shape index (κ1) is 11.1. The van der Waals surface area contributed by atoms with Gasteiger partial charge in [-0.1, -0.05) is 5.16 Å². The summed E-state index contributed by atoms with van der Waals surface area (Å²) in [5.41, 5.74) is 0.414. The van der Waals surface area contributed by atoms with Gasteiger partial charge in [0, 0.05) is 24.5 Å². The summed E-state index contributed by atoms with van der Waals surface area (Å²) in [6.45, 7) is 0. The first-order valence-corrected chi connectivity index (χ1v) is 4.83. The van der Waals surface area contributed by atoms with Gasteiger partial charge in [-0.25, -0.2) is 4.79 Å². The highest BCUT2D eigenvalue weighted by molar-refractivity contribution is 6.36. The minimum Gasteiger partial charge on any atom is -0.477 e. The van der Waals surface area contributed by atoms with Crippen LogP contribution in [0.4, 0.5) is 5.69 Å². The van der Waals surface area contributed by atoms with E-state index in [9.17, 15) is 9.59 Å². The average Bonchev–Trinajstić information content (AvgIpc) is 2.79. The molecule has 88 valence electrons. The second-order valence-electron chi connectivity index (χ2n) is 3.37. The molecule has 2 heterocycles. The highest BCUT2D eigenvalue weighted by Gasteiger charge is 2.31. The summed E-state index contributed by atoms with van der Waals surface area (Å²) in [5.74, 6) is -1.61. The van der Waals surface area contributed by atoms with Gasteiger partial charge in [0.15, 0.2) is 5.71 Å². The van der Waals surface area contributed by atoms with E-state index in [0.717, 1.165) is 0 Å². The Morgan fingerprint density at radius 3 is 2.71 bits per heavy atom. The fourth-order valence-corrected chi connectivity index (χ4v) is 1.30. The summed E-state index contributed by atoms with van der Waals surface area (Å²) in [7, 11) is 0. The van der Waals surface area contributed by atoms with Gasteiger partial charge in [0.1, 0.15) is 0 Å². The zero-order chi connectivity index (χ0) is 12.3. The number of amides is 1. The molecule has 1 aliphatic heterocycles. The van der Waals surface area contributed by atoms with E-state index in [2.05, 4.69) is 15.5 Å². The predicted molar refractivity (Wildman–Crippen MR) is 57.4 cm³/mol. The molecule has 0 saturated heterocycles. The molecule has 7 nitrogen and oxygen atoms in total. The third-order valence-electron chi connectivity index (χ3n) is 2.16. The van der Waals surface area contributed by atoms with E-state index in [4.69, 9.17) is 9.94 Å². The molecule has 2 N–H and O–H groups in total. The number of hydrogen-bond donors (Lipinski definition) is 2. The van der Waals surface area contributed by atoms with Gasteiger partial charge < -0.3 is 15.3 Å². The van der Waals surface area contributed by atoms with Gasteiger partial charge in [-0.2, -0.15) is 0 Å². The van der Waals surface area contributed by atoms with E-state index >= 15 is 0 Å². The fraction of sp³-hybridized carbons (Fsp3) is 0.200. The van der Waals surface area contributed by atoms with E-state index in [0.29, 0.717) is 5.69 Å². The third-order valence-corrected chi connectivity index (χ3v) is 2.16. The summed E-state index contributed by atoms with van der Waals surface area (Å²) in [6, 6.07) is 3.23. The van der Waals surface area contributed by atoms with Crippen molar-refractivity contribution in [2.75, 3.05) is 5.32 Å². The van der Waals surface area contributed by atoms with Crippen molar-refractivity contribution in [3.8, 4) is 0 Å². The first-order valence-electron chi connectivity index (χ1n) is 4.83. The minimum atomic E-state index is -1.18. The normalized spacial score (nSPS) is 18.1. The Hall–Kier alpha value is -2.44. The second kappa shape index (κ2) is 4.60. The van der Waals surface area contributed by atoms with Crippen molar-refractivity contribution in [2.45, 2.75) is 12.5 Å². The number of oxime groups is 1. The van der Waals surface area contributed by atoms with Crippen molar-refractivity contribution >= 4 is 23.3 Å². The van der Waals surface area contributed by atoms with Crippen LogP contribution in [0.15, 0.2) is 29.7 Å². The average molecular weight is 235 g/mol. The van der Waals surface area contributed by atoms with Gasteiger partial charge >= 0.3 is 5.97 Å². The number of carboxylic acids is 1. The highest BCUT2D eigenvalue weighted by atomic mass is 16.6. The molecule has 0 fully saturated rings. The predicted octanol–water partition coefficient (Wildman–Crippen LogP) is 0.250. The molecule has 0 bridgehead atoms. The van der Waals surface area contributed by atoms with Crippen LogP contribution in [0.2, 0.25) is 0 Å². The molecule has 0 saturated carbocycles. The van der Waals surface area contributed by atoms with Crippen molar-refractivity contribution in [1.82, 2.24) is 4.98 Å². The molecule has 1 aliphatic rings. The number of pyridine rings is 1. The van der Waals surface area contributed by atoms with E-state index in [1.54, 1.807) is 12.1 Å². The fourth-order valence-electron chi connectivity index (χ4n) is 1.30. The smallest absolute Gasteiger partial charge is 0.353 e. The summed E-state index contributed by atoms with van der Waals surface area (Å²) >= 11 is 0. The monoisotopic (exact) mass is 235 g/mol. The molecule has 1 aromatic heterocycles. The molecule has 0 spiro atoms. The number of carboxylic acid groups (broad SMARTS) is 1. The lowest BCUT2D eigenvalue weighted by Crippen LogP contribution is -2.28. The molecular weight excluding hydrogens is 226 g/mol. The summed E-state index contributed by atoms with van der Waals surface area (Å²) in [6.07, 6.45) is 2.13. The maximum atomic E-state index is 11.7. The lowest BCUT2D eigenvalue weighted by molar-refractivity contribution is -0.129. The second-order valence-corrected chi connectivity index (χ2v) is 3.37. The van der Waals surface area contributed by atoms with Crippen LogP contribution in [0.1, 0.15) is 6.42 Å². The largest absolute Gasteiger partial charge is 0.477 e. The number of aliphatic carboxylic acids is 1. The van der Waals surface area contributed by atoms with Gasteiger partial charge in [-0.15, -0.1) is 0 Å². The van der Waals surface area contributed by atoms with E-state index in [1.807, 2.05) is 0 Å². The van der Waals surface area contributed by atoms with Crippen molar-refractivity contribution < 1.29 is 19.5 Å². The van der Waals surface area contributed by atoms with Crippen LogP contribution in [-0.4, -0.2) is 33.8 Å². The van der Waals surface area contributed by atoms with Crippen molar-refractivity contribution in [2.24, 2.45) is 5.16 Å². The van der Waals surface area contributed by atoms with Crippen LogP contribution in [0.3, 0.4) is 0 Å². The molecule has 1 amide bonds. The molecule has 2 rings (SSSR count). The molecule has 1 atom stereocenters. The summed E-state index contributed by atoms with van der Waals surface area (Å²) in [5, 5.41) is 14.5. The first-order chi connectivity index (χ1) is 8.16. The molecule has 17 heavy (non-hydrogen) atoms. The Labute approximate surface area is 96.1 Å². The Morgan fingerprint density at radius 2 is 2.12 bits per heavy atom. The SMILES string of the molecule is O=C(O)C1=NOC(C(=O)Nc2ccncc2)C1. The zero-order valence-electron chi connectivity index (χ0n) is 8.66. The number of nitrogens with zero attached hydrogens (tertiary/aromatic N) is 2. The molecule has 1 unspecified atom stereocenters. The zero-order valence-corrected chi connectivity index (χ0v) is 8.66. The van der Waals surface area contributed by atoms with Gasteiger partial charge in [0.25, 0.3) is 5.91 Å². The van der Waals surface area contributed by atoms with Crippen LogP contribution in [-0.2, 0) is 14.4 Å². The number of anilines is 1. The Kier molecular flexibility index (Phi) is 2.99.